The van der Waals surface area contributed by atoms with Crippen LogP contribution in [0.15, 0.2) is 11.6 Å². The van der Waals surface area contributed by atoms with Crippen molar-refractivity contribution < 1.29 is 4.79 Å². The van der Waals surface area contributed by atoms with E-state index in [1.54, 1.807) is 5.57 Å². The second-order valence-electron chi connectivity index (χ2n) is 15.6. The number of Topliss-reactive ketones (excluding diaryl/α,β-unsaturated/α-hetero) is 1. The zero-order chi connectivity index (χ0) is 25.7. The highest BCUT2D eigenvalue weighted by atomic mass is 31.1. The maximum atomic E-state index is 12.8. The minimum atomic E-state index is 0.169. The number of fused-ring (bicyclic) bond motifs is 5. The molecule has 5 rings (SSSR count). The zero-order valence-corrected chi connectivity index (χ0v) is 25.6. The van der Waals surface area contributed by atoms with E-state index < -0.39 is 0 Å². The molecule has 0 aromatic carbocycles. The molecular weight excluding hydrogens is 455 g/mol. The van der Waals surface area contributed by atoms with Crippen LogP contribution in [0.25, 0.3) is 0 Å². The maximum Gasteiger partial charge on any atom is 0.133 e. The lowest BCUT2D eigenvalue weighted by Crippen LogP contribution is -2.50. The predicted molar refractivity (Wildman–Crippen MR) is 157 cm³/mol. The summed E-state index contributed by atoms with van der Waals surface area (Å²) in [6.45, 7) is 14.9. The smallest absolute Gasteiger partial charge is 0.133 e. The topological polar surface area (TPSA) is 17.1 Å². The summed E-state index contributed by atoms with van der Waals surface area (Å²) >= 11 is 0. The van der Waals surface area contributed by atoms with Gasteiger partial charge >= 0.3 is 0 Å². The lowest BCUT2D eigenvalue weighted by Gasteiger charge is -2.58. The second kappa shape index (κ2) is 10.4. The average molecular weight is 513 g/mol. The lowest BCUT2D eigenvalue weighted by molar-refractivity contribution is -0.120. The Balaban J connectivity index is 1.17. The summed E-state index contributed by atoms with van der Waals surface area (Å²) in [6, 6.07) is 0. The van der Waals surface area contributed by atoms with Crippen LogP contribution >= 0.6 is 7.92 Å². The maximum absolute atomic E-state index is 12.8. The van der Waals surface area contributed by atoms with Crippen LogP contribution in [0, 0.1) is 46.3 Å². The molecule has 1 heterocycles. The second-order valence-corrected chi connectivity index (χ2v) is 18.6. The van der Waals surface area contributed by atoms with Crippen molar-refractivity contribution in [2.24, 2.45) is 46.3 Å². The van der Waals surface area contributed by atoms with Gasteiger partial charge in [0.05, 0.1) is 0 Å². The molecule has 4 aliphatic carbocycles. The first-order chi connectivity index (χ1) is 17.0. The molecule has 0 N–H and O–H groups in total. The van der Waals surface area contributed by atoms with Gasteiger partial charge in [0.25, 0.3) is 0 Å². The van der Waals surface area contributed by atoms with E-state index in [2.05, 4.69) is 47.6 Å². The molecule has 0 bridgehead atoms. The first-order valence-electron chi connectivity index (χ1n) is 16.0. The SMILES string of the molecule is CC(C)CCCCC1CCC2C3CC=C4CC(CC(=O)CCP5CC5(C)C)CCC4(C)C3CCC12C. The van der Waals surface area contributed by atoms with E-state index in [0.29, 0.717) is 27.7 Å². The third-order valence-electron chi connectivity index (χ3n) is 12.5. The van der Waals surface area contributed by atoms with Crippen molar-refractivity contribution in [3.8, 4) is 0 Å². The molecule has 1 aliphatic heterocycles. The molecule has 1 saturated heterocycles. The van der Waals surface area contributed by atoms with Crippen LogP contribution in [-0.2, 0) is 4.79 Å². The summed E-state index contributed by atoms with van der Waals surface area (Å²) in [5.74, 6) is 5.85. The van der Waals surface area contributed by atoms with E-state index in [0.717, 1.165) is 42.4 Å². The van der Waals surface area contributed by atoms with Crippen molar-refractivity contribution in [2.45, 2.75) is 137 Å². The summed E-state index contributed by atoms with van der Waals surface area (Å²) < 4.78 is 0. The van der Waals surface area contributed by atoms with E-state index in [1.165, 1.54) is 89.4 Å². The normalized spacial score (nSPS) is 42.9. The fraction of sp³-hybridized carbons (Fsp3) is 0.912. The Kier molecular flexibility index (Phi) is 7.94. The quantitative estimate of drug-likeness (QED) is 0.162. The molecule has 1 nitrogen and oxygen atoms in total. The Hall–Kier alpha value is -0.160. The molecule has 4 fully saturated rings. The number of unbranched alkanes of at least 4 members (excludes halogenated alkanes) is 1. The van der Waals surface area contributed by atoms with Crippen LogP contribution < -0.4 is 0 Å². The van der Waals surface area contributed by atoms with Gasteiger partial charge in [-0.2, -0.15) is 0 Å². The van der Waals surface area contributed by atoms with Crippen molar-refractivity contribution in [3.63, 3.8) is 0 Å². The van der Waals surface area contributed by atoms with Gasteiger partial charge in [-0.05, 0) is 122 Å². The molecule has 0 amide bonds. The van der Waals surface area contributed by atoms with E-state index in [-0.39, 0.29) is 7.92 Å². The van der Waals surface area contributed by atoms with Crippen LogP contribution in [0.2, 0.25) is 0 Å². The summed E-state index contributed by atoms with van der Waals surface area (Å²) in [5, 5.41) is 0.578. The summed E-state index contributed by atoms with van der Waals surface area (Å²) in [4.78, 5) is 12.8. The molecule has 0 aromatic heterocycles. The van der Waals surface area contributed by atoms with Gasteiger partial charge in [-0.1, -0.05) is 80.4 Å². The molecule has 0 radical (unpaired) electrons. The Bertz CT molecular complexity index is 840. The summed E-state index contributed by atoms with van der Waals surface area (Å²) in [6.07, 6.45) is 24.0. The minimum Gasteiger partial charge on any atom is -0.300 e. The largest absolute Gasteiger partial charge is 0.300 e. The first-order valence-corrected chi connectivity index (χ1v) is 17.7. The minimum absolute atomic E-state index is 0.169. The molecule has 0 aromatic rings. The molecule has 8 unspecified atom stereocenters. The standard InChI is InChI=1S/C34H57OP/c1-24(2)9-7-8-10-26-12-14-30-29-13-11-27-21-25(22-28(35)17-20-36-23-32(36,3)4)15-18-34(27,6)31(29)16-19-33(26,30)5/h11,24-26,29-31H,7-10,12-23H2,1-6H3. The molecule has 204 valence electrons. The van der Waals surface area contributed by atoms with Gasteiger partial charge in [0, 0.05) is 12.8 Å². The van der Waals surface area contributed by atoms with Crippen LogP contribution in [0.3, 0.4) is 0 Å². The third-order valence-corrected chi connectivity index (χ3v) is 15.9. The number of hydrogen-bond donors (Lipinski definition) is 0. The Labute approximate surface area is 225 Å². The van der Waals surface area contributed by atoms with Gasteiger partial charge in [0.1, 0.15) is 5.78 Å². The molecule has 2 heteroatoms. The van der Waals surface area contributed by atoms with Gasteiger partial charge < -0.3 is 0 Å². The van der Waals surface area contributed by atoms with Gasteiger partial charge in [0.15, 0.2) is 0 Å². The number of allylic oxidation sites excluding steroid dienone is 2. The average Bonchev–Trinajstić information content (AvgIpc) is 3.29. The summed E-state index contributed by atoms with van der Waals surface area (Å²) in [7, 11) is 0.169. The van der Waals surface area contributed by atoms with Crippen molar-refractivity contribution in [2.75, 3.05) is 12.3 Å². The highest BCUT2D eigenvalue weighted by Crippen LogP contribution is 2.68. The Morgan fingerprint density at radius 1 is 1.03 bits per heavy atom. The molecule has 0 spiro atoms. The van der Waals surface area contributed by atoms with E-state index in [4.69, 9.17) is 0 Å². The highest BCUT2D eigenvalue weighted by molar-refractivity contribution is 7.67. The fourth-order valence-electron chi connectivity index (χ4n) is 9.93. The number of rotatable bonds is 10. The van der Waals surface area contributed by atoms with Crippen LogP contribution in [-0.4, -0.2) is 23.3 Å². The summed E-state index contributed by atoms with van der Waals surface area (Å²) in [5.41, 5.74) is 2.81. The van der Waals surface area contributed by atoms with Crippen LogP contribution in [0.1, 0.15) is 131 Å². The van der Waals surface area contributed by atoms with E-state index in [9.17, 15) is 4.79 Å². The fourth-order valence-corrected chi connectivity index (χ4v) is 12.4. The number of ketones is 1. The molecule has 3 saturated carbocycles. The number of carbonyl (C=O) groups excluding carboxylic acids is 1. The van der Waals surface area contributed by atoms with Gasteiger partial charge in [-0.25, -0.2) is 0 Å². The van der Waals surface area contributed by atoms with Crippen molar-refractivity contribution in [3.05, 3.63) is 11.6 Å². The molecule has 5 aliphatic rings. The highest BCUT2D eigenvalue weighted by Gasteiger charge is 2.58. The monoisotopic (exact) mass is 512 g/mol. The van der Waals surface area contributed by atoms with Crippen molar-refractivity contribution in [1.29, 1.82) is 0 Å². The van der Waals surface area contributed by atoms with E-state index >= 15 is 0 Å². The molecular formula is C34H57OP. The first kappa shape index (κ1) is 27.4. The molecule has 36 heavy (non-hydrogen) atoms. The molecule has 8 atom stereocenters. The zero-order valence-electron chi connectivity index (χ0n) is 24.7. The van der Waals surface area contributed by atoms with Crippen molar-refractivity contribution >= 4 is 13.7 Å². The van der Waals surface area contributed by atoms with Crippen molar-refractivity contribution in [1.82, 2.24) is 0 Å². The number of hydrogen-bond acceptors (Lipinski definition) is 1. The van der Waals surface area contributed by atoms with Crippen LogP contribution in [0.4, 0.5) is 0 Å². The predicted octanol–water partition coefficient (Wildman–Crippen LogP) is 10.0. The lowest BCUT2D eigenvalue weighted by atomic mass is 9.46. The third kappa shape index (κ3) is 5.32. The van der Waals surface area contributed by atoms with Gasteiger partial charge in [-0.3, -0.25) is 4.79 Å². The number of carbonyl (C=O) groups is 1. The van der Waals surface area contributed by atoms with Gasteiger partial charge in [0.2, 0.25) is 0 Å². The van der Waals surface area contributed by atoms with Crippen LogP contribution in [0.5, 0.6) is 0 Å². The Morgan fingerprint density at radius 2 is 1.81 bits per heavy atom. The van der Waals surface area contributed by atoms with E-state index in [1.807, 2.05) is 0 Å². The van der Waals surface area contributed by atoms with Gasteiger partial charge in [-0.15, -0.1) is 0 Å². The Morgan fingerprint density at radius 3 is 2.53 bits per heavy atom.